The summed E-state index contributed by atoms with van der Waals surface area (Å²) in [5, 5.41) is 7.80. The lowest BCUT2D eigenvalue weighted by atomic mass is 10.2. The third-order valence-corrected chi connectivity index (χ3v) is 4.31. The van der Waals surface area contributed by atoms with Crippen molar-refractivity contribution in [2.45, 2.75) is 18.6 Å². The fourth-order valence-corrected chi connectivity index (χ4v) is 2.69. The molecule has 0 saturated carbocycles. The van der Waals surface area contributed by atoms with Crippen LogP contribution in [0.1, 0.15) is 12.5 Å². The number of benzene rings is 1. The second-order valence-corrected chi connectivity index (χ2v) is 6.37. The van der Waals surface area contributed by atoms with Crippen LogP contribution >= 0.6 is 11.6 Å². The molecule has 0 amide bonds. The Balaban J connectivity index is 3.57. The van der Waals surface area contributed by atoms with E-state index in [-0.39, 0.29) is 6.07 Å². The van der Waals surface area contributed by atoms with E-state index in [0.717, 1.165) is 13.0 Å². The molecule has 0 radical (unpaired) electrons. The highest BCUT2D eigenvalue weighted by Crippen LogP contribution is 2.37. The lowest BCUT2D eigenvalue weighted by Gasteiger charge is -2.12. The Bertz CT molecular complexity index is 830. The Kier molecular flexibility index (Phi) is 6.43. The van der Waals surface area contributed by atoms with Gasteiger partial charge in [0, 0.05) is 0 Å². The molecule has 1 rings (SSSR count). The molecule has 4 nitrogen and oxygen atoms in total. The maximum atomic E-state index is 13.9. The maximum Gasteiger partial charge on any atom is 0.476 e. The van der Waals surface area contributed by atoms with Crippen LogP contribution in [0.15, 0.2) is 27.7 Å². The van der Waals surface area contributed by atoms with Crippen LogP contribution in [0.3, 0.4) is 0 Å². The van der Waals surface area contributed by atoms with E-state index in [1.54, 1.807) is 0 Å². The molecule has 0 heterocycles. The van der Waals surface area contributed by atoms with Crippen LogP contribution in [0.25, 0.3) is 0 Å². The third kappa shape index (κ3) is 4.95. The predicted octanol–water partition coefficient (Wildman–Crippen LogP) is 4.55. The Labute approximate surface area is 149 Å². The number of nitrogens with zero attached hydrogens (tertiary/aromatic N) is 2. The lowest BCUT2D eigenvalue weighted by Crippen LogP contribution is -2.24. The van der Waals surface area contributed by atoms with Crippen LogP contribution in [0.4, 0.5) is 36.4 Å². The van der Waals surface area contributed by atoms with Crippen molar-refractivity contribution in [3.05, 3.63) is 39.1 Å². The van der Waals surface area contributed by atoms with Gasteiger partial charge in [0.15, 0.2) is 16.6 Å². The highest BCUT2D eigenvalue weighted by molar-refractivity contribution is 7.91. The van der Waals surface area contributed by atoms with Crippen LogP contribution in [-0.2, 0) is 17.0 Å². The molecule has 0 spiro atoms. The first kappa shape index (κ1) is 21.9. The summed E-state index contributed by atoms with van der Waals surface area (Å²) in [5.74, 6) is -1.59. The van der Waals surface area contributed by atoms with E-state index >= 15 is 0 Å². The molecule has 0 bridgehead atoms. The molecule has 13 heteroatoms. The van der Waals surface area contributed by atoms with Gasteiger partial charge in [0.1, 0.15) is 22.4 Å². The summed E-state index contributed by atoms with van der Waals surface area (Å²) >= 11 is 5.51. The minimum absolute atomic E-state index is 0.0375. The highest BCUT2D eigenvalue weighted by Gasteiger charge is 2.41. The maximum absolute atomic E-state index is 13.9. The zero-order valence-electron chi connectivity index (χ0n) is 12.5. The summed E-state index contributed by atoms with van der Waals surface area (Å²) in [5.41, 5.74) is -4.50. The van der Waals surface area contributed by atoms with Crippen LogP contribution < -0.4 is 5.73 Å². The molecule has 0 fully saturated rings. The van der Waals surface area contributed by atoms with Crippen LogP contribution in [0, 0.1) is 17.1 Å². The average Bonchev–Trinajstić information content (AvgIpc) is 2.48. The van der Waals surface area contributed by atoms with Gasteiger partial charge < -0.3 is 5.73 Å². The monoisotopic (exact) mass is 421 g/mol. The molecular weight excluding hydrogens is 415 g/mol. The number of halogens is 8. The van der Waals surface area contributed by atoms with Gasteiger partial charge in [-0.2, -0.15) is 31.6 Å². The first-order valence-corrected chi connectivity index (χ1v) is 7.73. The molecular formula is C13H7ClF7N3OS. The predicted molar refractivity (Wildman–Crippen MR) is 80.2 cm³/mol. The molecule has 2 N–H and O–H groups in total. The van der Waals surface area contributed by atoms with Crippen molar-refractivity contribution >= 4 is 33.8 Å². The summed E-state index contributed by atoms with van der Waals surface area (Å²) in [6, 6.07) is 1.50. The number of allylic oxidation sites excluding steroid dienone is 2. The van der Waals surface area contributed by atoms with Crippen LogP contribution in [-0.4, -0.2) is 15.4 Å². The van der Waals surface area contributed by atoms with E-state index in [9.17, 15) is 34.9 Å². The minimum atomic E-state index is -5.31. The smallest absolute Gasteiger partial charge is 0.389 e. The van der Waals surface area contributed by atoms with Crippen molar-refractivity contribution in [3.8, 4) is 6.07 Å². The van der Waals surface area contributed by atoms with E-state index < -0.39 is 60.9 Å². The molecule has 0 aliphatic heterocycles. The standard InChI is InChI=1S/C13H7ClF7N3OS/c1-5(11(9(23)4-22)26(25)13(19,20)21)24-10-7(14)2-6(3-8(10)15)12(16,17)18/h2-3H,23H2,1H3. The second kappa shape index (κ2) is 7.63. The molecule has 142 valence electrons. The average molecular weight is 422 g/mol. The van der Waals surface area contributed by atoms with E-state index in [0.29, 0.717) is 6.07 Å². The Morgan fingerprint density at radius 3 is 2.19 bits per heavy atom. The van der Waals surface area contributed by atoms with Gasteiger partial charge in [-0.25, -0.2) is 13.6 Å². The fourth-order valence-electron chi connectivity index (χ4n) is 1.65. The number of nitrogens with two attached hydrogens (primary N) is 1. The van der Waals surface area contributed by atoms with E-state index in [1.165, 1.54) is 0 Å². The van der Waals surface area contributed by atoms with Crippen molar-refractivity contribution in [2.24, 2.45) is 10.7 Å². The summed E-state index contributed by atoms with van der Waals surface area (Å²) in [6.45, 7) is 0.816. The molecule has 26 heavy (non-hydrogen) atoms. The van der Waals surface area contributed by atoms with Gasteiger partial charge in [-0.3, -0.25) is 0 Å². The number of rotatable bonds is 3. The molecule has 1 aromatic rings. The normalized spacial score (nSPS) is 15.3. The first-order valence-electron chi connectivity index (χ1n) is 6.20. The quantitative estimate of drug-likeness (QED) is 0.441. The summed E-state index contributed by atoms with van der Waals surface area (Å²) in [7, 11) is -3.78. The fraction of sp³-hybridized carbons (Fsp3) is 0.231. The number of hydrogen-bond donors (Lipinski definition) is 1. The zero-order valence-corrected chi connectivity index (χ0v) is 14.0. The van der Waals surface area contributed by atoms with Gasteiger partial charge in [-0.05, 0) is 19.1 Å². The van der Waals surface area contributed by atoms with Gasteiger partial charge in [-0.1, -0.05) is 11.6 Å². The number of alkyl halides is 6. The van der Waals surface area contributed by atoms with Crippen molar-refractivity contribution in [1.29, 1.82) is 5.26 Å². The Morgan fingerprint density at radius 2 is 1.81 bits per heavy atom. The molecule has 1 atom stereocenters. The lowest BCUT2D eigenvalue weighted by molar-refractivity contribution is -0.137. The number of nitriles is 1. The topological polar surface area (TPSA) is 79.2 Å². The highest BCUT2D eigenvalue weighted by atomic mass is 35.5. The molecule has 1 aromatic carbocycles. The number of aliphatic imine (C=N–C) groups is 1. The number of hydrogen-bond acceptors (Lipinski definition) is 4. The molecule has 1 unspecified atom stereocenters. The minimum Gasteiger partial charge on any atom is -0.389 e. The van der Waals surface area contributed by atoms with Crippen molar-refractivity contribution < 1.29 is 34.9 Å². The van der Waals surface area contributed by atoms with Gasteiger partial charge >= 0.3 is 11.7 Å². The van der Waals surface area contributed by atoms with E-state index in [1.807, 2.05) is 0 Å². The van der Waals surface area contributed by atoms with Crippen molar-refractivity contribution in [2.75, 3.05) is 0 Å². The molecule has 0 saturated heterocycles. The molecule has 0 aliphatic carbocycles. The SMILES string of the molecule is CC(=Nc1c(F)cc(C(F)(F)F)cc1Cl)C(=C(N)C#N)S(=O)C(F)(F)F. The van der Waals surface area contributed by atoms with Crippen molar-refractivity contribution in [1.82, 2.24) is 0 Å². The molecule has 0 aliphatic rings. The van der Waals surface area contributed by atoms with Crippen molar-refractivity contribution in [3.63, 3.8) is 0 Å². The Hall–Kier alpha value is -2.13. The zero-order chi connectivity index (χ0) is 20.4. The Morgan fingerprint density at radius 1 is 1.27 bits per heavy atom. The van der Waals surface area contributed by atoms with Crippen LogP contribution in [0.5, 0.6) is 0 Å². The summed E-state index contributed by atoms with van der Waals surface area (Å²) in [4.78, 5) is 2.09. The summed E-state index contributed by atoms with van der Waals surface area (Å²) in [6.07, 6.45) is -4.92. The van der Waals surface area contributed by atoms with Gasteiger partial charge in [-0.15, -0.1) is 0 Å². The third-order valence-electron chi connectivity index (χ3n) is 2.71. The van der Waals surface area contributed by atoms with Gasteiger partial charge in [0.2, 0.25) is 0 Å². The van der Waals surface area contributed by atoms with E-state index in [4.69, 9.17) is 22.6 Å². The molecule has 0 aromatic heterocycles. The second-order valence-electron chi connectivity index (χ2n) is 4.55. The first-order chi connectivity index (χ1) is 11.7. The van der Waals surface area contributed by atoms with Gasteiger partial charge in [0.05, 0.1) is 16.3 Å². The van der Waals surface area contributed by atoms with E-state index in [2.05, 4.69) is 4.99 Å². The van der Waals surface area contributed by atoms with Crippen LogP contribution in [0.2, 0.25) is 5.02 Å². The summed E-state index contributed by atoms with van der Waals surface area (Å²) < 4.78 is 101. The van der Waals surface area contributed by atoms with Gasteiger partial charge in [0.25, 0.3) is 0 Å². The largest absolute Gasteiger partial charge is 0.476 e.